The van der Waals surface area contributed by atoms with E-state index in [1.54, 1.807) is 30.3 Å². The predicted molar refractivity (Wildman–Crippen MR) is 121 cm³/mol. The Hall–Kier alpha value is -3.37. The van der Waals surface area contributed by atoms with Gasteiger partial charge in [-0.1, -0.05) is 12.1 Å². The van der Waals surface area contributed by atoms with Gasteiger partial charge in [0.05, 0.1) is 33.1 Å². The van der Waals surface area contributed by atoms with E-state index < -0.39 is 10.0 Å². The topological polar surface area (TPSA) is 103 Å². The molecule has 4 rings (SSSR count). The van der Waals surface area contributed by atoms with Crippen LogP contribution in [0.5, 0.6) is 11.5 Å². The number of morpholine rings is 1. The maximum atomic E-state index is 13.0. The molecule has 9 nitrogen and oxygen atoms in total. The lowest BCUT2D eigenvalue weighted by Crippen LogP contribution is -2.36. The third kappa shape index (κ3) is 4.76. The number of rotatable bonds is 7. The van der Waals surface area contributed by atoms with Gasteiger partial charge in [-0.2, -0.15) is 0 Å². The van der Waals surface area contributed by atoms with Gasteiger partial charge in [0, 0.05) is 30.4 Å². The van der Waals surface area contributed by atoms with Gasteiger partial charge in [0.2, 0.25) is 0 Å². The first-order chi connectivity index (χ1) is 15.5. The lowest BCUT2D eigenvalue weighted by molar-refractivity contribution is 0.122. The summed E-state index contributed by atoms with van der Waals surface area (Å²) >= 11 is 0. The Morgan fingerprint density at radius 3 is 2.47 bits per heavy atom. The zero-order valence-corrected chi connectivity index (χ0v) is 18.6. The number of ether oxygens (including phenoxy) is 3. The second kappa shape index (κ2) is 9.41. The van der Waals surface area contributed by atoms with Crippen LogP contribution in [0.25, 0.3) is 11.3 Å². The summed E-state index contributed by atoms with van der Waals surface area (Å²) in [6, 6.07) is 15.4. The molecular formula is C22H24N4O5S. The smallest absolute Gasteiger partial charge is 0.265 e. The molecule has 2 heterocycles. The zero-order valence-electron chi connectivity index (χ0n) is 17.8. The van der Waals surface area contributed by atoms with E-state index in [1.807, 2.05) is 18.2 Å². The monoisotopic (exact) mass is 456 g/mol. The number of hydrogen-bond donors (Lipinski definition) is 1. The minimum atomic E-state index is -3.92. The Balaban J connectivity index is 1.57. The van der Waals surface area contributed by atoms with Crippen molar-refractivity contribution in [2.45, 2.75) is 4.90 Å². The zero-order chi connectivity index (χ0) is 22.6. The summed E-state index contributed by atoms with van der Waals surface area (Å²) < 4.78 is 44.4. The van der Waals surface area contributed by atoms with Crippen LogP contribution in [0.1, 0.15) is 0 Å². The minimum absolute atomic E-state index is 0.0144. The molecule has 0 spiro atoms. The average molecular weight is 457 g/mol. The van der Waals surface area contributed by atoms with Gasteiger partial charge < -0.3 is 19.1 Å². The van der Waals surface area contributed by atoms with E-state index in [1.165, 1.54) is 20.3 Å². The van der Waals surface area contributed by atoms with Crippen LogP contribution in [0, 0.1) is 0 Å². The maximum absolute atomic E-state index is 13.0. The van der Waals surface area contributed by atoms with E-state index in [4.69, 9.17) is 14.2 Å². The molecule has 0 atom stereocenters. The molecule has 1 fully saturated rings. The number of benzene rings is 2. The standard InChI is InChI=1S/C22H24N4O5S/c1-29-18-6-8-20(30-2)21(15-18)32(27,28)25-17-5-3-4-16(14-17)19-7-9-22(24-23-19)26-10-12-31-13-11-26/h3-9,14-15,25H,10-13H2,1-2H3. The van der Waals surface area contributed by atoms with Crippen molar-refractivity contribution in [3.8, 4) is 22.8 Å². The first kappa shape index (κ1) is 21.8. The molecule has 1 aliphatic rings. The van der Waals surface area contributed by atoms with Crippen LogP contribution >= 0.6 is 0 Å². The molecule has 10 heteroatoms. The van der Waals surface area contributed by atoms with Gasteiger partial charge in [-0.05, 0) is 36.4 Å². The quantitative estimate of drug-likeness (QED) is 0.579. The third-order valence-electron chi connectivity index (χ3n) is 5.06. The summed E-state index contributed by atoms with van der Waals surface area (Å²) in [5, 5.41) is 8.65. The minimum Gasteiger partial charge on any atom is -0.497 e. The molecule has 0 radical (unpaired) electrons. The van der Waals surface area contributed by atoms with Crippen LogP contribution in [-0.4, -0.2) is 59.1 Å². The summed E-state index contributed by atoms with van der Waals surface area (Å²) in [6.07, 6.45) is 0. The number of hydrogen-bond acceptors (Lipinski definition) is 8. The third-order valence-corrected chi connectivity index (χ3v) is 6.46. The summed E-state index contributed by atoms with van der Waals surface area (Å²) in [6.45, 7) is 2.89. The second-order valence-electron chi connectivity index (χ2n) is 7.08. The van der Waals surface area contributed by atoms with Gasteiger partial charge >= 0.3 is 0 Å². The lowest BCUT2D eigenvalue weighted by atomic mass is 10.1. The Morgan fingerprint density at radius 1 is 0.969 bits per heavy atom. The van der Waals surface area contributed by atoms with Crippen LogP contribution < -0.4 is 19.1 Å². The first-order valence-electron chi connectivity index (χ1n) is 10.0. The van der Waals surface area contributed by atoms with Crippen molar-refractivity contribution < 1.29 is 22.6 Å². The summed E-state index contributed by atoms with van der Waals surface area (Å²) in [5.74, 6) is 1.42. The number of sulfonamides is 1. The molecule has 1 N–H and O–H groups in total. The van der Waals surface area contributed by atoms with Crippen LogP contribution in [0.3, 0.4) is 0 Å². The molecule has 0 bridgehead atoms. The van der Waals surface area contributed by atoms with E-state index in [9.17, 15) is 8.42 Å². The number of anilines is 2. The highest BCUT2D eigenvalue weighted by Gasteiger charge is 2.21. The second-order valence-corrected chi connectivity index (χ2v) is 8.73. The van der Waals surface area contributed by atoms with Gasteiger partial charge in [-0.3, -0.25) is 4.72 Å². The van der Waals surface area contributed by atoms with Crippen molar-refractivity contribution in [2.24, 2.45) is 0 Å². The highest BCUT2D eigenvalue weighted by molar-refractivity contribution is 7.92. The van der Waals surface area contributed by atoms with Crippen LogP contribution in [0.4, 0.5) is 11.5 Å². The number of aromatic nitrogens is 2. The van der Waals surface area contributed by atoms with Crippen molar-refractivity contribution in [3.05, 3.63) is 54.6 Å². The molecule has 1 saturated heterocycles. The maximum Gasteiger partial charge on any atom is 0.265 e. The van der Waals surface area contributed by atoms with E-state index in [0.29, 0.717) is 30.3 Å². The van der Waals surface area contributed by atoms with E-state index in [0.717, 1.165) is 24.5 Å². The average Bonchev–Trinajstić information content (AvgIpc) is 2.84. The van der Waals surface area contributed by atoms with Gasteiger partial charge in [-0.15, -0.1) is 10.2 Å². The summed E-state index contributed by atoms with van der Waals surface area (Å²) in [5.41, 5.74) is 1.78. The van der Waals surface area contributed by atoms with Crippen LogP contribution in [0.15, 0.2) is 59.5 Å². The molecule has 32 heavy (non-hydrogen) atoms. The Bertz CT molecular complexity index is 1180. The van der Waals surface area contributed by atoms with E-state index in [2.05, 4.69) is 19.8 Å². The highest BCUT2D eigenvalue weighted by Crippen LogP contribution is 2.30. The number of nitrogens with one attached hydrogen (secondary N) is 1. The normalized spacial score (nSPS) is 14.1. The molecule has 0 unspecified atom stereocenters. The van der Waals surface area contributed by atoms with Crippen molar-refractivity contribution in [1.82, 2.24) is 10.2 Å². The van der Waals surface area contributed by atoms with E-state index >= 15 is 0 Å². The highest BCUT2D eigenvalue weighted by atomic mass is 32.2. The molecule has 2 aromatic carbocycles. The fourth-order valence-electron chi connectivity index (χ4n) is 3.39. The first-order valence-corrected chi connectivity index (χ1v) is 11.5. The molecule has 0 saturated carbocycles. The van der Waals surface area contributed by atoms with Crippen molar-refractivity contribution >= 4 is 21.5 Å². The predicted octanol–water partition coefficient (Wildman–Crippen LogP) is 2.80. The molecule has 168 valence electrons. The Morgan fingerprint density at radius 2 is 1.78 bits per heavy atom. The fourth-order valence-corrected chi connectivity index (χ4v) is 4.62. The molecule has 1 aromatic heterocycles. The molecular weight excluding hydrogens is 432 g/mol. The number of methoxy groups -OCH3 is 2. The van der Waals surface area contributed by atoms with Crippen LogP contribution in [0.2, 0.25) is 0 Å². The largest absolute Gasteiger partial charge is 0.497 e. The molecule has 0 aliphatic carbocycles. The SMILES string of the molecule is COc1ccc(OC)c(S(=O)(=O)Nc2cccc(-c3ccc(N4CCOCC4)nn3)c2)c1. The molecule has 3 aromatic rings. The summed E-state index contributed by atoms with van der Waals surface area (Å²) in [4.78, 5) is 2.10. The van der Waals surface area contributed by atoms with Crippen molar-refractivity contribution in [2.75, 3.05) is 50.1 Å². The Kier molecular flexibility index (Phi) is 6.42. The van der Waals surface area contributed by atoms with Gasteiger partial charge in [0.25, 0.3) is 10.0 Å². The van der Waals surface area contributed by atoms with Gasteiger partial charge in [0.15, 0.2) is 5.82 Å². The molecule has 1 aliphatic heterocycles. The number of nitrogens with zero attached hydrogens (tertiary/aromatic N) is 3. The van der Waals surface area contributed by atoms with Gasteiger partial charge in [0.1, 0.15) is 16.4 Å². The Labute approximate surface area is 187 Å². The van der Waals surface area contributed by atoms with Crippen molar-refractivity contribution in [3.63, 3.8) is 0 Å². The fraction of sp³-hybridized carbons (Fsp3) is 0.273. The van der Waals surface area contributed by atoms with Crippen molar-refractivity contribution in [1.29, 1.82) is 0 Å². The van der Waals surface area contributed by atoms with E-state index in [-0.39, 0.29) is 10.6 Å². The molecule has 0 amide bonds. The van der Waals surface area contributed by atoms with Gasteiger partial charge in [-0.25, -0.2) is 8.42 Å². The van der Waals surface area contributed by atoms with Crippen LogP contribution in [-0.2, 0) is 14.8 Å². The summed E-state index contributed by atoms with van der Waals surface area (Å²) in [7, 11) is -1.03. The lowest BCUT2D eigenvalue weighted by Gasteiger charge is -2.27.